The molecular weight excluding hydrogens is 457 g/mol. The van der Waals surface area contributed by atoms with Crippen LogP contribution >= 0.6 is 34.5 Å². The lowest BCUT2D eigenvalue weighted by atomic mass is 9.99. The lowest BCUT2D eigenvalue weighted by molar-refractivity contribution is -0.140. The van der Waals surface area contributed by atoms with Gasteiger partial charge in [-0.2, -0.15) is 0 Å². The average molecular weight is 474 g/mol. The summed E-state index contributed by atoms with van der Waals surface area (Å²) in [6.07, 6.45) is 0. The molecule has 1 N–H and O–H groups in total. The van der Waals surface area contributed by atoms with Crippen molar-refractivity contribution in [3.05, 3.63) is 91.6 Å². The Morgan fingerprint density at radius 2 is 1.84 bits per heavy atom. The van der Waals surface area contributed by atoms with E-state index in [1.807, 2.05) is 29.6 Å². The molecule has 1 aliphatic heterocycles. The number of aliphatic hydroxyl groups is 1. The highest BCUT2D eigenvalue weighted by atomic mass is 35.5. The van der Waals surface area contributed by atoms with E-state index in [1.54, 1.807) is 25.3 Å². The number of ketones is 1. The highest BCUT2D eigenvalue weighted by molar-refractivity contribution is 7.10. The van der Waals surface area contributed by atoms with Crippen LogP contribution in [0.15, 0.2) is 65.6 Å². The summed E-state index contributed by atoms with van der Waals surface area (Å²) in [6, 6.07) is 14.8. The van der Waals surface area contributed by atoms with Crippen LogP contribution < -0.4 is 4.74 Å². The van der Waals surface area contributed by atoms with E-state index in [0.717, 1.165) is 10.4 Å². The van der Waals surface area contributed by atoms with Gasteiger partial charge in [0.2, 0.25) is 0 Å². The van der Waals surface area contributed by atoms with Gasteiger partial charge in [0.05, 0.1) is 28.8 Å². The number of halogens is 2. The first-order valence-electron chi connectivity index (χ1n) is 9.31. The number of benzene rings is 2. The van der Waals surface area contributed by atoms with Gasteiger partial charge in [-0.25, -0.2) is 0 Å². The van der Waals surface area contributed by atoms with Crippen LogP contribution in [0.3, 0.4) is 0 Å². The topological polar surface area (TPSA) is 66.8 Å². The molecular formula is C23H17Cl2NO4S. The second-order valence-electron chi connectivity index (χ2n) is 6.92. The van der Waals surface area contributed by atoms with Crippen molar-refractivity contribution in [1.82, 2.24) is 4.90 Å². The Morgan fingerprint density at radius 3 is 2.45 bits per heavy atom. The van der Waals surface area contributed by atoms with Gasteiger partial charge in [-0.05, 0) is 47.3 Å². The van der Waals surface area contributed by atoms with Crippen molar-refractivity contribution in [3.63, 3.8) is 0 Å². The van der Waals surface area contributed by atoms with Crippen LogP contribution in [0.1, 0.15) is 22.0 Å². The number of likely N-dealkylation sites (tertiary alicyclic amines) is 1. The quantitative estimate of drug-likeness (QED) is 0.293. The SMILES string of the molecule is COc1ccc(CN2C(=O)C(=O)/C(=C(\O)c3ccc(Cl)c(Cl)c3)C2c2cccs2)cc1. The third-order valence-electron chi connectivity index (χ3n) is 5.06. The standard InChI is InChI=1S/C23H17Cl2NO4S/c1-30-15-7-4-13(5-8-15)12-26-20(18-3-2-10-31-18)19(22(28)23(26)29)21(27)14-6-9-16(24)17(25)11-14/h2-11,20,27H,12H2,1H3/b21-19-. The Morgan fingerprint density at radius 1 is 1.10 bits per heavy atom. The van der Waals surface area contributed by atoms with E-state index in [4.69, 9.17) is 27.9 Å². The zero-order valence-corrected chi connectivity index (χ0v) is 18.7. The summed E-state index contributed by atoms with van der Waals surface area (Å²) in [6.45, 7) is 0.204. The van der Waals surface area contributed by atoms with E-state index in [-0.39, 0.29) is 22.9 Å². The van der Waals surface area contributed by atoms with E-state index in [2.05, 4.69) is 0 Å². The van der Waals surface area contributed by atoms with Crippen molar-refractivity contribution in [2.75, 3.05) is 7.11 Å². The number of aliphatic hydroxyl groups excluding tert-OH is 1. The molecule has 0 bridgehead atoms. The molecule has 1 aromatic heterocycles. The second kappa shape index (κ2) is 8.75. The third-order valence-corrected chi connectivity index (χ3v) is 6.72. The fourth-order valence-electron chi connectivity index (χ4n) is 3.51. The number of amides is 1. The van der Waals surface area contributed by atoms with Crippen molar-refractivity contribution >= 4 is 52.0 Å². The van der Waals surface area contributed by atoms with E-state index in [0.29, 0.717) is 16.3 Å². The molecule has 2 heterocycles. The van der Waals surface area contributed by atoms with Gasteiger partial charge in [-0.3, -0.25) is 9.59 Å². The van der Waals surface area contributed by atoms with Gasteiger partial charge in [-0.1, -0.05) is 41.4 Å². The van der Waals surface area contributed by atoms with Crippen LogP contribution in [0.4, 0.5) is 0 Å². The number of thiophene rings is 1. The first kappa shape index (κ1) is 21.4. The molecule has 1 atom stereocenters. The minimum atomic E-state index is -0.740. The maximum atomic E-state index is 13.0. The fourth-order valence-corrected chi connectivity index (χ4v) is 4.66. The Hall–Kier alpha value is -2.80. The summed E-state index contributed by atoms with van der Waals surface area (Å²) < 4.78 is 5.18. The highest BCUT2D eigenvalue weighted by Gasteiger charge is 2.46. The Labute approximate surface area is 193 Å². The minimum absolute atomic E-state index is 0.0272. The number of Topliss-reactive ketones (excluding diaryl/α,β-unsaturated/α-hetero) is 1. The molecule has 4 rings (SSSR count). The highest BCUT2D eigenvalue weighted by Crippen LogP contribution is 2.42. The summed E-state index contributed by atoms with van der Waals surface area (Å²) in [7, 11) is 1.58. The van der Waals surface area contributed by atoms with Gasteiger partial charge in [0.25, 0.3) is 11.7 Å². The first-order valence-corrected chi connectivity index (χ1v) is 10.9. The first-order chi connectivity index (χ1) is 14.9. The molecule has 0 saturated carbocycles. The number of methoxy groups -OCH3 is 1. The Kier molecular flexibility index (Phi) is 6.05. The second-order valence-corrected chi connectivity index (χ2v) is 8.71. The monoisotopic (exact) mass is 473 g/mol. The normalized spacial score (nSPS) is 17.9. The number of rotatable bonds is 5. The molecule has 158 valence electrons. The van der Waals surface area contributed by atoms with Crippen LogP contribution in [0.25, 0.3) is 5.76 Å². The van der Waals surface area contributed by atoms with Crippen LogP contribution in [-0.4, -0.2) is 28.8 Å². The van der Waals surface area contributed by atoms with Crippen molar-refractivity contribution < 1.29 is 19.4 Å². The van der Waals surface area contributed by atoms with Gasteiger partial charge in [-0.15, -0.1) is 11.3 Å². The number of nitrogens with zero attached hydrogens (tertiary/aromatic N) is 1. The van der Waals surface area contributed by atoms with Gasteiger partial charge >= 0.3 is 0 Å². The van der Waals surface area contributed by atoms with Crippen molar-refractivity contribution in [1.29, 1.82) is 0 Å². The van der Waals surface area contributed by atoms with Gasteiger partial charge in [0, 0.05) is 17.0 Å². The molecule has 2 aromatic carbocycles. The number of hydrogen-bond donors (Lipinski definition) is 1. The van der Waals surface area contributed by atoms with Crippen molar-refractivity contribution in [2.45, 2.75) is 12.6 Å². The molecule has 31 heavy (non-hydrogen) atoms. The molecule has 1 fully saturated rings. The minimum Gasteiger partial charge on any atom is -0.507 e. The summed E-state index contributed by atoms with van der Waals surface area (Å²) in [5, 5.41) is 13.4. The number of hydrogen-bond acceptors (Lipinski definition) is 5. The average Bonchev–Trinajstić information content (AvgIpc) is 3.38. The summed E-state index contributed by atoms with van der Waals surface area (Å²) in [4.78, 5) is 28.2. The van der Waals surface area contributed by atoms with Crippen LogP contribution in [0.2, 0.25) is 10.0 Å². The Balaban J connectivity index is 1.80. The third kappa shape index (κ3) is 4.06. The van der Waals surface area contributed by atoms with E-state index in [9.17, 15) is 14.7 Å². The van der Waals surface area contributed by atoms with E-state index >= 15 is 0 Å². The molecule has 1 unspecified atom stereocenters. The van der Waals surface area contributed by atoms with Gasteiger partial charge in [0.15, 0.2) is 0 Å². The van der Waals surface area contributed by atoms with E-state index in [1.165, 1.54) is 28.4 Å². The maximum Gasteiger partial charge on any atom is 0.295 e. The molecule has 0 aliphatic carbocycles. The summed E-state index contributed by atoms with van der Waals surface area (Å²) in [5.74, 6) is -1.00. The number of carbonyl (C=O) groups excluding carboxylic acids is 2. The summed E-state index contributed by atoms with van der Waals surface area (Å²) in [5.41, 5.74) is 1.18. The molecule has 5 nitrogen and oxygen atoms in total. The van der Waals surface area contributed by atoms with Gasteiger partial charge in [0.1, 0.15) is 11.5 Å². The molecule has 1 aliphatic rings. The lowest BCUT2D eigenvalue weighted by Gasteiger charge is -2.24. The predicted molar refractivity (Wildman–Crippen MR) is 122 cm³/mol. The van der Waals surface area contributed by atoms with E-state index < -0.39 is 17.7 Å². The molecule has 8 heteroatoms. The van der Waals surface area contributed by atoms with Crippen LogP contribution in [0, 0.1) is 0 Å². The zero-order valence-electron chi connectivity index (χ0n) is 16.3. The Bertz CT molecular complexity index is 1170. The molecule has 0 spiro atoms. The zero-order chi connectivity index (χ0) is 22.1. The lowest BCUT2D eigenvalue weighted by Crippen LogP contribution is -2.28. The predicted octanol–water partition coefficient (Wildman–Crippen LogP) is 5.69. The number of ether oxygens (including phenoxy) is 1. The number of carbonyl (C=O) groups is 2. The molecule has 1 amide bonds. The fraction of sp³-hybridized carbons (Fsp3) is 0.130. The van der Waals surface area contributed by atoms with Crippen LogP contribution in [-0.2, 0) is 16.1 Å². The molecule has 1 saturated heterocycles. The van der Waals surface area contributed by atoms with Gasteiger partial charge < -0.3 is 14.7 Å². The largest absolute Gasteiger partial charge is 0.507 e. The van der Waals surface area contributed by atoms with Crippen LogP contribution in [0.5, 0.6) is 5.75 Å². The van der Waals surface area contributed by atoms with Crippen molar-refractivity contribution in [2.24, 2.45) is 0 Å². The maximum absolute atomic E-state index is 13.0. The molecule has 3 aromatic rings. The van der Waals surface area contributed by atoms with Crippen molar-refractivity contribution in [3.8, 4) is 5.75 Å². The summed E-state index contributed by atoms with van der Waals surface area (Å²) >= 11 is 13.5. The molecule has 0 radical (unpaired) electrons. The smallest absolute Gasteiger partial charge is 0.295 e.